The molecule has 1 unspecified atom stereocenters. The first-order valence-corrected chi connectivity index (χ1v) is 10.6. The first kappa shape index (κ1) is 20.6. The number of thiophene rings is 1. The number of hydrogen-bond acceptors (Lipinski definition) is 5. The molecule has 1 atom stereocenters. The summed E-state index contributed by atoms with van der Waals surface area (Å²) >= 11 is 1.60. The van der Waals surface area contributed by atoms with E-state index in [1.807, 2.05) is 31.4 Å². The Balaban J connectivity index is 2.08. The molecule has 1 aromatic carbocycles. The second-order valence-electron chi connectivity index (χ2n) is 6.13. The van der Waals surface area contributed by atoms with Gasteiger partial charge >= 0.3 is 0 Å². The predicted molar refractivity (Wildman–Crippen MR) is 103 cm³/mol. The minimum Gasteiger partial charge on any atom is -0.383 e. The van der Waals surface area contributed by atoms with E-state index in [1.54, 1.807) is 11.3 Å². The van der Waals surface area contributed by atoms with Gasteiger partial charge < -0.3 is 10.1 Å². The molecule has 0 saturated carbocycles. The molecule has 0 aliphatic rings. The van der Waals surface area contributed by atoms with Crippen molar-refractivity contribution in [2.75, 3.05) is 20.3 Å². The quantitative estimate of drug-likeness (QED) is 0.639. The Hall–Kier alpha value is -1.74. The van der Waals surface area contributed by atoms with Gasteiger partial charge in [-0.1, -0.05) is 19.9 Å². The van der Waals surface area contributed by atoms with E-state index in [0.29, 0.717) is 12.2 Å². The lowest BCUT2D eigenvalue weighted by Crippen LogP contribution is -2.31. The Morgan fingerprint density at radius 3 is 2.42 bits per heavy atom. The van der Waals surface area contributed by atoms with Crippen LogP contribution in [0, 0.1) is 5.92 Å². The summed E-state index contributed by atoms with van der Waals surface area (Å²) in [6.07, 6.45) is 0. The van der Waals surface area contributed by atoms with Crippen LogP contribution in [0.3, 0.4) is 0 Å². The van der Waals surface area contributed by atoms with Crippen LogP contribution in [0.25, 0.3) is 0 Å². The number of amides is 1. The molecule has 142 valence electrons. The van der Waals surface area contributed by atoms with Gasteiger partial charge in [0, 0.05) is 24.1 Å². The van der Waals surface area contributed by atoms with Gasteiger partial charge in [-0.3, -0.25) is 4.79 Å². The van der Waals surface area contributed by atoms with Crippen LogP contribution in [-0.4, -0.2) is 34.6 Å². The van der Waals surface area contributed by atoms with Crippen LogP contribution in [-0.2, 0) is 14.8 Å². The zero-order valence-electron chi connectivity index (χ0n) is 15.1. The number of nitrogens with one attached hydrogen (secondary N) is 2. The molecule has 8 heteroatoms. The fraction of sp³-hybridized carbons (Fsp3) is 0.389. The van der Waals surface area contributed by atoms with Crippen molar-refractivity contribution < 1.29 is 17.9 Å². The fourth-order valence-electron chi connectivity index (χ4n) is 2.41. The third kappa shape index (κ3) is 5.38. The number of methoxy groups -OCH3 is 1. The summed E-state index contributed by atoms with van der Waals surface area (Å²) in [4.78, 5) is 13.7. The number of ether oxygens (including phenoxy) is 1. The average Bonchev–Trinajstić information content (AvgIpc) is 3.13. The second-order valence-corrected chi connectivity index (χ2v) is 8.87. The zero-order chi connectivity index (χ0) is 19.2. The van der Waals surface area contributed by atoms with Crippen LogP contribution in [0.5, 0.6) is 0 Å². The van der Waals surface area contributed by atoms with Crippen LogP contribution >= 0.6 is 11.3 Å². The van der Waals surface area contributed by atoms with Crippen LogP contribution < -0.4 is 10.0 Å². The molecule has 0 aliphatic heterocycles. The van der Waals surface area contributed by atoms with E-state index >= 15 is 0 Å². The number of carbonyl (C=O) groups is 1. The highest BCUT2D eigenvalue weighted by atomic mass is 32.2. The van der Waals surface area contributed by atoms with E-state index in [1.165, 1.54) is 31.4 Å². The van der Waals surface area contributed by atoms with Gasteiger partial charge in [-0.15, -0.1) is 11.3 Å². The Morgan fingerprint density at radius 2 is 1.88 bits per heavy atom. The standard InChI is InChI=1S/C18H24N2O4S2/c1-13(2)17(16-5-4-12-25-16)20-18(21)14-6-8-15(9-7-14)26(22,23)19-10-11-24-3/h4-9,12-13,17,19H,10-11H2,1-3H3,(H,20,21). The molecule has 1 amide bonds. The molecule has 6 nitrogen and oxygen atoms in total. The molecule has 2 rings (SSSR count). The molecular weight excluding hydrogens is 372 g/mol. The summed E-state index contributed by atoms with van der Waals surface area (Å²) in [5, 5.41) is 5.00. The Kier molecular flexibility index (Phi) is 7.33. The summed E-state index contributed by atoms with van der Waals surface area (Å²) in [5.74, 6) is 0.00984. The molecule has 0 spiro atoms. The molecule has 0 radical (unpaired) electrons. The van der Waals surface area contributed by atoms with E-state index in [-0.39, 0.29) is 29.3 Å². The topological polar surface area (TPSA) is 84.5 Å². The van der Waals surface area contributed by atoms with Crippen molar-refractivity contribution in [3.8, 4) is 0 Å². The minimum absolute atomic E-state index is 0.0818. The maximum absolute atomic E-state index is 12.5. The van der Waals surface area contributed by atoms with Crippen LogP contribution in [0.15, 0.2) is 46.7 Å². The van der Waals surface area contributed by atoms with Crippen LogP contribution in [0.1, 0.15) is 35.1 Å². The lowest BCUT2D eigenvalue weighted by Gasteiger charge is -2.21. The number of hydrogen-bond donors (Lipinski definition) is 2. The lowest BCUT2D eigenvalue weighted by molar-refractivity contribution is 0.0926. The van der Waals surface area contributed by atoms with Crippen molar-refractivity contribution in [1.29, 1.82) is 0 Å². The van der Waals surface area contributed by atoms with E-state index < -0.39 is 10.0 Å². The van der Waals surface area contributed by atoms with Gasteiger partial charge in [0.2, 0.25) is 10.0 Å². The van der Waals surface area contributed by atoms with E-state index in [4.69, 9.17) is 4.74 Å². The maximum Gasteiger partial charge on any atom is 0.251 e. The second kappa shape index (κ2) is 9.27. The molecule has 0 fully saturated rings. The SMILES string of the molecule is COCCNS(=O)(=O)c1ccc(C(=O)NC(c2cccs2)C(C)C)cc1. The number of carbonyl (C=O) groups excluding carboxylic acids is 1. The van der Waals surface area contributed by atoms with Crippen molar-refractivity contribution in [2.24, 2.45) is 5.92 Å². The molecule has 26 heavy (non-hydrogen) atoms. The molecule has 0 bridgehead atoms. The molecule has 1 aromatic heterocycles. The van der Waals surface area contributed by atoms with Gasteiger partial charge in [0.05, 0.1) is 17.5 Å². The summed E-state index contributed by atoms with van der Waals surface area (Å²) in [6.45, 7) is 4.58. The number of benzene rings is 1. The lowest BCUT2D eigenvalue weighted by atomic mass is 10.0. The molecule has 2 aromatic rings. The minimum atomic E-state index is -3.61. The maximum atomic E-state index is 12.5. The van der Waals surface area contributed by atoms with E-state index in [9.17, 15) is 13.2 Å². The summed E-state index contributed by atoms with van der Waals surface area (Å²) in [7, 11) is -2.10. The first-order valence-electron chi connectivity index (χ1n) is 8.28. The summed E-state index contributed by atoms with van der Waals surface area (Å²) in [5.41, 5.74) is 0.419. The Morgan fingerprint density at radius 1 is 1.19 bits per heavy atom. The molecule has 1 heterocycles. The van der Waals surface area contributed by atoms with Crippen molar-refractivity contribution in [2.45, 2.75) is 24.8 Å². The van der Waals surface area contributed by atoms with Crippen molar-refractivity contribution in [3.05, 3.63) is 52.2 Å². The third-order valence-electron chi connectivity index (χ3n) is 3.83. The van der Waals surface area contributed by atoms with E-state index in [2.05, 4.69) is 10.0 Å². The van der Waals surface area contributed by atoms with E-state index in [0.717, 1.165) is 4.88 Å². The summed E-state index contributed by atoms with van der Waals surface area (Å²) in [6, 6.07) is 9.77. The first-order chi connectivity index (χ1) is 12.3. The molecule has 2 N–H and O–H groups in total. The van der Waals surface area contributed by atoms with Gasteiger partial charge in [0.25, 0.3) is 5.91 Å². The molecule has 0 saturated heterocycles. The van der Waals surface area contributed by atoms with Gasteiger partial charge in [0.15, 0.2) is 0 Å². The van der Waals surface area contributed by atoms with Crippen molar-refractivity contribution >= 4 is 27.3 Å². The zero-order valence-corrected chi connectivity index (χ0v) is 16.7. The molecular formula is C18H24N2O4S2. The van der Waals surface area contributed by atoms with Gasteiger partial charge in [0.1, 0.15) is 0 Å². The third-order valence-corrected chi connectivity index (χ3v) is 6.26. The highest BCUT2D eigenvalue weighted by Gasteiger charge is 2.20. The van der Waals surface area contributed by atoms with Gasteiger partial charge in [-0.2, -0.15) is 0 Å². The monoisotopic (exact) mass is 396 g/mol. The Bertz CT molecular complexity index is 800. The fourth-order valence-corrected chi connectivity index (χ4v) is 4.37. The van der Waals surface area contributed by atoms with Crippen molar-refractivity contribution in [3.63, 3.8) is 0 Å². The highest BCUT2D eigenvalue weighted by molar-refractivity contribution is 7.89. The highest BCUT2D eigenvalue weighted by Crippen LogP contribution is 2.26. The average molecular weight is 397 g/mol. The van der Waals surface area contributed by atoms with Gasteiger partial charge in [-0.05, 0) is 41.6 Å². The van der Waals surface area contributed by atoms with Crippen molar-refractivity contribution in [1.82, 2.24) is 10.0 Å². The smallest absolute Gasteiger partial charge is 0.251 e. The Labute approximate surface area is 158 Å². The molecule has 0 aliphatic carbocycles. The number of sulfonamides is 1. The largest absolute Gasteiger partial charge is 0.383 e. The predicted octanol–water partition coefficient (Wildman–Crippen LogP) is 2.80. The summed E-state index contributed by atoms with van der Waals surface area (Å²) < 4.78 is 31.6. The van der Waals surface area contributed by atoms with Crippen LogP contribution in [0.4, 0.5) is 0 Å². The van der Waals surface area contributed by atoms with Gasteiger partial charge in [-0.25, -0.2) is 13.1 Å². The number of rotatable bonds is 9. The normalized spacial score (nSPS) is 12.9. The van der Waals surface area contributed by atoms with Crippen LogP contribution in [0.2, 0.25) is 0 Å².